The Bertz CT molecular complexity index is 1210. The van der Waals surface area contributed by atoms with E-state index in [1.54, 1.807) is 19.1 Å². The molecule has 132 valence electrons. The monoisotopic (exact) mass is 357 g/mol. The van der Waals surface area contributed by atoms with E-state index in [-0.39, 0.29) is 17.1 Å². The summed E-state index contributed by atoms with van der Waals surface area (Å²) in [5.74, 6) is 1.09. The highest BCUT2D eigenvalue weighted by molar-refractivity contribution is 6.02. The van der Waals surface area contributed by atoms with Crippen LogP contribution in [0, 0.1) is 25.2 Å². The second kappa shape index (κ2) is 6.42. The van der Waals surface area contributed by atoms with Crippen molar-refractivity contribution >= 4 is 22.6 Å². The number of para-hydroxylation sites is 1. The number of nitriles is 1. The van der Waals surface area contributed by atoms with Gasteiger partial charge in [-0.15, -0.1) is 0 Å². The van der Waals surface area contributed by atoms with Crippen LogP contribution in [-0.2, 0) is 0 Å². The van der Waals surface area contributed by atoms with Crippen LogP contribution in [0.25, 0.3) is 16.7 Å². The molecular weight excluding hydrogens is 342 g/mol. The summed E-state index contributed by atoms with van der Waals surface area (Å²) >= 11 is 0. The fraction of sp³-hybridized carbons (Fsp3) is 0.100. The molecule has 4 rings (SSSR count). The van der Waals surface area contributed by atoms with Crippen LogP contribution in [0.2, 0.25) is 0 Å². The highest BCUT2D eigenvalue weighted by Crippen LogP contribution is 2.24. The third kappa shape index (κ3) is 2.93. The largest absolute Gasteiger partial charge is 0.456 e. The van der Waals surface area contributed by atoms with E-state index in [4.69, 9.17) is 4.42 Å². The zero-order valence-corrected chi connectivity index (χ0v) is 14.7. The summed E-state index contributed by atoms with van der Waals surface area (Å²) in [4.78, 5) is 17.1. The number of aromatic nitrogens is 3. The first-order chi connectivity index (χ1) is 13.1. The van der Waals surface area contributed by atoms with Crippen molar-refractivity contribution in [3.05, 3.63) is 71.3 Å². The molecule has 7 nitrogen and oxygen atoms in total. The Kier molecular flexibility index (Phi) is 3.94. The molecule has 0 aliphatic rings. The zero-order chi connectivity index (χ0) is 19.0. The topological polar surface area (TPSA) is 96.7 Å². The molecular formula is C20H15N5O2. The lowest BCUT2D eigenvalue weighted by Gasteiger charge is -2.10. The Labute approximate surface area is 154 Å². The van der Waals surface area contributed by atoms with Crippen molar-refractivity contribution in [2.24, 2.45) is 0 Å². The molecule has 27 heavy (non-hydrogen) atoms. The van der Waals surface area contributed by atoms with Crippen LogP contribution in [0.1, 0.15) is 27.4 Å². The fourth-order valence-corrected chi connectivity index (χ4v) is 2.89. The summed E-state index contributed by atoms with van der Waals surface area (Å²) < 4.78 is 6.80. The van der Waals surface area contributed by atoms with Gasteiger partial charge in [-0.2, -0.15) is 15.0 Å². The Morgan fingerprint density at radius 2 is 2.04 bits per heavy atom. The van der Waals surface area contributed by atoms with E-state index in [1.807, 2.05) is 43.3 Å². The summed E-state index contributed by atoms with van der Waals surface area (Å²) in [6, 6.07) is 14.9. The summed E-state index contributed by atoms with van der Waals surface area (Å²) in [5, 5.41) is 17.4. The average molecular weight is 357 g/mol. The maximum absolute atomic E-state index is 12.5. The highest BCUT2D eigenvalue weighted by atomic mass is 16.3. The van der Waals surface area contributed by atoms with Crippen LogP contribution in [0.5, 0.6) is 0 Å². The lowest BCUT2D eigenvalue weighted by Crippen LogP contribution is -2.16. The number of pyridine rings is 1. The number of nitrogens with one attached hydrogen (secondary N) is 1. The van der Waals surface area contributed by atoms with Gasteiger partial charge < -0.3 is 9.73 Å². The van der Waals surface area contributed by atoms with Crippen molar-refractivity contribution in [1.29, 1.82) is 5.26 Å². The maximum atomic E-state index is 12.5. The molecule has 1 amide bonds. The number of furan rings is 1. The molecule has 0 saturated heterocycles. The van der Waals surface area contributed by atoms with Crippen molar-refractivity contribution in [3.63, 3.8) is 0 Å². The molecule has 0 aliphatic heterocycles. The van der Waals surface area contributed by atoms with Crippen molar-refractivity contribution < 1.29 is 9.21 Å². The first-order valence-corrected chi connectivity index (χ1v) is 8.29. The second-order valence-corrected chi connectivity index (χ2v) is 6.11. The van der Waals surface area contributed by atoms with Crippen molar-refractivity contribution in [1.82, 2.24) is 14.8 Å². The lowest BCUT2D eigenvalue weighted by atomic mass is 10.1. The predicted molar refractivity (Wildman–Crippen MR) is 99.7 cm³/mol. The quantitative estimate of drug-likeness (QED) is 0.602. The van der Waals surface area contributed by atoms with Gasteiger partial charge in [-0.3, -0.25) is 4.79 Å². The highest BCUT2D eigenvalue weighted by Gasteiger charge is 2.19. The number of amides is 1. The number of hydrogen-bond acceptors (Lipinski definition) is 5. The molecule has 0 radical (unpaired) electrons. The predicted octanol–water partition coefficient (Wildman–Crippen LogP) is 3.75. The van der Waals surface area contributed by atoms with Crippen LogP contribution in [0.3, 0.4) is 0 Å². The van der Waals surface area contributed by atoms with Gasteiger partial charge in [0, 0.05) is 5.39 Å². The van der Waals surface area contributed by atoms with Gasteiger partial charge in [0.2, 0.25) is 0 Å². The molecule has 0 fully saturated rings. The number of fused-ring (bicyclic) bond motifs is 1. The molecule has 3 aromatic heterocycles. The van der Waals surface area contributed by atoms with Gasteiger partial charge in [-0.25, -0.2) is 4.98 Å². The number of nitrogens with zero attached hydrogens (tertiary/aromatic N) is 4. The number of rotatable bonds is 3. The standard InChI is InChI=1S/C20H15N5O2/c1-12-9-18(23-16-6-4-3-5-15(12)16)25-19(14(10-21)11-22-25)24-20(26)17-8-7-13(2)27-17/h3-9,11H,1-2H3,(H,24,26). The maximum Gasteiger partial charge on any atom is 0.292 e. The Morgan fingerprint density at radius 3 is 2.78 bits per heavy atom. The van der Waals surface area contributed by atoms with Crippen molar-refractivity contribution in [2.75, 3.05) is 5.32 Å². The molecule has 0 aliphatic carbocycles. The smallest absolute Gasteiger partial charge is 0.292 e. The number of benzene rings is 1. The fourth-order valence-electron chi connectivity index (χ4n) is 2.89. The average Bonchev–Trinajstić information content (AvgIpc) is 3.28. The Balaban J connectivity index is 1.80. The van der Waals surface area contributed by atoms with Gasteiger partial charge >= 0.3 is 0 Å². The molecule has 0 spiro atoms. The first kappa shape index (κ1) is 16.5. The third-order valence-corrected chi connectivity index (χ3v) is 4.21. The number of carbonyl (C=O) groups excluding carboxylic acids is 1. The molecule has 1 aromatic carbocycles. The van der Waals surface area contributed by atoms with Crippen molar-refractivity contribution in [3.8, 4) is 11.9 Å². The molecule has 0 unspecified atom stereocenters. The van der Waals surface area contributed by atoms with Crippen LogP contribution >= 0.6 is 0 Å². The minimum atomic E-state index is -0.459. The van der Waals surface area contributed by atoms with Crippen LogP contribution < -0.4 is 5.32 Å². The van der Waals surface area contributed by atoms with Gasteiger partial charge in [0.05, 0.1) is 11.7 Å². The molecule has 3 heterocycles. The van der Waals surface area contributed by atoms with Gasteiger partial charge in [0.25, 0.3) is 5.91 Å². The SMILES string of the molecule is Cc1ccc(C(=O)Nc2c(C#N)cnn2-c2cc(C)c3ccccc3n2)o1. The molecule has 4 aromatic rings. The molecule has 0 saturated carbocycles. The van der Waals surface area contributed by atoms with E-state index in [9.17, 15) is 10.1 Å². The summed E-state index contributed by atoms with van der Waals surface area (Å²) in [6.45, 7) is 3.73. The van der Waals surface area contributed by atoms with E-state index < -0.39 is 5.91 Å². The van der Waals surface area contributed by atoms with Gasteiger partial charge in [0.15, 0.2) is 17.4 Å². The molecule has 0 bridgehead atoms. The van der Waals surface area contributed by atoms with Crippen molar-refractivity contribution in [2.45, 2.75) is 13.8 Å². The second-order valence-electron chi connectivity index (χ2n) is 6.11. The van der Waals surface area contributed by atoms with E-state index >= 15 is 0 Å². The van der Waals surface area contributed by atoms with E-state index in [0.29, 0.717) is 11.6 Å². The molecule has 0 atom stereocenters. The first-order valence-electron chi connectivity index (χ1n) is 8.29. The number of aryl methyl sites for hydroxylation is 2. The van der Waals surface area contributed by atoms with E-state index in [0.717, 1.165) is 16.5 Å². The zero-order valence-electron chi connectivity index (χ0n) is 14.7. The van der Waals surface area contributed by atoms with Gasteiger partial charge in [0.1, 0.15) is 17.4 Å². The van der Waals surface area contributed by atoms with E-state index in [2.05, 4.69) is 15.4 Å². The Morgan fingerprint density at radius 1 is 1.22 bits per heavy atom. The minimum Gasteiger partial charge on any atom is -0.456 e. The Hall–Kier alpha value is -3.92. The number of hydrogen-bond donors (Lipinski definition) is 1. The van der Waals surface area contributed by atoms with Crippen LogP contribution in [0.15, 0.2) is 53.1 Å². The summed E-state index contributed by atoms with van der Waals surface area (Å²) in [5.41, 5.74) is 2.06. The summed E-state index contributed by atoms with van der Waals surface area (Å²) in [7, 11) is 0. The molecule has 7 heteroatoms. The van der Waals surface area contributed by atoms with Gasteiger partial charge in [-0.1, -0.05) is 18.2 Å². The van der Waals surface area contributed by atoms with E-state index in [1.165, 1.54) is 10.9 Å². The summed E-state index contributed by atoms with van der Waals surface area (Å²) in [6.07, 6.45) is 1.40. The minimum absolute atomic E-state index is 0.159. The lowest BCUT2D eigenvalue weighted by molar-refractivity contribution is 0.0994. The number of anilines is 1. The van der Waals surface area contributed by atoms with Crippen LogP contribution in [0.4, 0.5) is 5.82 Å². The molecule has 1 N–H and O–H groups in total. The van der Waals surface area contributed by atoms with Gasteiger partial charge in [-0.05, 0) is 43.7 Å². The van der Waals surface area contributed by atoms with Crippen LogP contribution in [-0.4, -0.2) is 20.7 Å². The number of carbonyl (C=O) groups is 1. The third-order valence-electron chi connectivity index (χ3n) is 4.21. The normalized spacial score (nSPS) is 10.7.